The molecule has 0 bridgehead atoms. The molecule has 1 aromatic heterocycles. The Morgan fingerprint density at radius 1 is 0.969 bits per heavy atom. The highest BCUT2D eigenvalue weighted by atomic mass is 32.1. The van der Waals surface area contributed by atoms with Crippen LogP contribution in [-0.4, -0.2) is 23.1 Å². The molecule has 0 aliphatic rings. The van der Waals surface area contributed by atoms with E-state index in [0.717, 1.165) is 17.5 Å². The highest BCUT2D eigenvalue weighted by Crippen LogP contribution is 2.22. The van der Waals surface area contributed by atoms with E-state index in [1.54, 1.807) is 47.7 Å². The van der Waals surface area contributed by atoms with E-state index in [9.17, 15) is 14.4 Å². The first-order valence-electron chi connectivity index (χ1n) is 9.96. The number of hydrogen-bond donors (Lipinski definition) is 4. The van der Waals surface area contributed by atoms with Crippen molar-refractivity contribution in [2.75, 3.05) is 0 Å². The lowest BCUT2D eigenvalue weighted by atomic mass is 10.00. The number of rotatable bonds is 8. The smallest absolute Gasteiger partial charge is 0.322 e. The summed E-state index contributed by atoms with van der Waals surface area (Å²) in [7, 11) is 0. The normalized spacial score (nSPS) is 11.7. The van der Waals surface area contributed by atoms with Gasteiger partial charge in [0.1, 0.15) is 0 Å². The number of carbonyl (C=O) groups is 3. The highest BCUT2D eigenvalue weighted by Gasteiger charge is 2.17. The highest BCUT2D eigenvalue weighted by molar-refractivity contribution is 7.09. The van der Waals surface area contributed by atoms with Gasteiger partial charge in [-0.2, -0.15) is 0 Å². The molecule has 1 unspecified atom stereocenters. The maximum Gasteiger partial charge on any atom is 0.322 e. The second-order valence-corrected chi connectivity index (χ2v) is 7.97. The lowest BCUT2D eigenvalue weighted by molar-refractivity contribution is -0.124. The van der Waals surface area contributed by atoms with Gasteiger partial charge < -0.3 is 5.32 Å². The molecule has 0 radical (unpaired) electrons. The fourth-order valence-corrected chi connectivity index (χ4v) is 3.80. The van der Waals surface area contributed by atoms with Crippen molar-refractivity contribution in [2.45, 2.75) is 18.9 Å². The molecule has 0 spiro atoms. The number of aryl methyl sites for hydroxylation is 1. The van der Waals surface area contributed by atoms with E-state index in [-0.39, 0.29) is 6.04 Å². The van der Waals surface area contributed by atoms with Gasteiger partial charge in [0, 0.05) is 16.5 Å². The van der Waals surface area contributed by atoms with Crippen molar-refractivity contribution >= 4 is 35.3 Å². The molecule has 8 heteroatoms. The van der Waals surface area contributed by atoms with Gasteiger partial charge in [-0.25, -0.2) is 10.3 Å². The summed E-state index contributed by atoms with van der Waals surface area (Å²) in [4.78, 5) is 37.2. The fourth-order valence-electron chi connectivity index (χ4n) is 3.07. The molecule has 1 heterocycles. The molecule has 3 rings (SSSR count). The topological polar surface area (TPSA) is 108 Å². The second-order valence-electron chi connectivity index (χ2n) is 6.94. The summed E-state index contributed by atoms with van der Waals surface area (Å²) in [6, 6.07) is 19.0. The van der Waals surface area contributed by atoms with E-state index in [0.29, 0.717) is 12.0 Å². The van der Waals surface area contributed by atoms with Crippen LogP contribution in [0.3, 0.4) is 0 Å². The van der Waals surface area contributed by atoms with Gasteiger partial charge >= 0.3 is 6.03 Å². The first-order valence-corrected chi connectivity index (χ1v) is 10.8. The zero-order valence-electron chi connectivity index (χ0n) is 17.2. The van der Waals surface area contributed by atoms with Crippen LogP contribution in [0.15, 0.2) is 78.2 Å². The third-order valence-electron chi connectivity index (χ3n) is 4.70. The van der Waals surface area contributed by atoms with Crippen LogP contribution < -0.4 is 16.1 Å². The summed E-state index contributed by atoms with van der Waals surface area (Å²) < 4.78 is 0. The summed E-state index contributed by atoms with van der Waals surface area (Å²) in [5.41, 5.74) is 3.57. The number of nitrogens with one attached hydrogen (secondary N) is 3. The molecule has 4 amide bonds. The predicted octanol–water partition coefficient (Wildman–Crippen LogP) is 4.08. The molecule has 2 aromatic carbocycles. The fraction of sp³-hybridized carbons (Fsp3) is 0.125. The molecule has 0 saturated heterocycles. The lowest BCUT2D eigenvalue weighted by Gasteiger charge is -2.19. The average Bonchev–Trinajstić information content (AvgIpc) is 3.34. The number of amides is 4. The molecule has 3 aromatic rings. The zero-order chi connectivity index (χ0) is 22.8. The van der Waals surface area contributed by atoms with Crippen molar-refractivity contribution < 1.29 is 19.6 Å². The summed E-state index contributed by atoms with van der Waals surface area (Å²) in [6.45, 7) is 0. The first-order chi connectivity index (χ1) is 15.5. The van der Waals surface area contributed by atoms with Crippen LogP contribution in [0, 0.1) is 0 Å². The monoisotopic (exact) mass is 449 g/mol. The standard InChI is InChI=1S/C24H23N3O4S/c28-22(27-31)15-10-17-8-11-18(12-9-17)21(14-13-20-7-4-16-32-20)25-24(30)26-23(29)19-5-2-1-3-6-19/h1-12,15-16,21,31H,13-14H2,(H,27,28)(H2,25,26,29,30). The Morgan fingerprint density at radius 3 is 2.38 bits per heavy atom. The quantitative estimate of drug-likeness (QED) is 0.236. The van der Waals surface area contributed by atoms with Gasteiger partial charge in [-0.1, -0.05) is 48.5 Å². The van der Waals surface area contributed by atoms with Crippen LogP contribution >= 0.6 is 11.3 Å². The second kappa shape index (κ2) is 11.6. The van der Waals surface area contributed by atoms with E-state index in [4.69, 9.17) is 5.21 Å². The Kier molecular flexibility index (Phi) is 8.30. The number of carbonyl (C=O) groups excluding carboxylic acids is 3. The summed E-state index contributed by atoms with van der Waals surface area (Å²) >= 11 is 1.65. The van der Waals surface area contributed by atoms with E-state index >= 15 is 0 Å². The molecule has 4 N–H and O–H groups in total. The number of imide groups is 1. The number of urea groups is 1. The lowest BCUT2D eigenvalue weighted by Crippen LogP contribution is -2.41. The van der Waals surface area contributed by atoms with E-state index in [1.807, 2.05) is 41.8 Å². The minimum absolute atomic E-state index is 0.320. The van der Waals surface area contributed by atoms with E-state index < -0.39 is 17.8 Å². The van der Waals surface area contributed by atoms with Crippen LogP contribution in [0.5, 0.6) is 0 Å². The third kappa shape index (κ3) is 6.90. The van der Waals surface area contributed by atoms with Crippen LogP contribution in [0.4, 0.5) is 4.79 Å². The molecule has 0 aliphatic heterocycles. The Labute approximate surface area is 189 Å². The number of hydroxylamine groups is 1. The van der Waals surface area contributed by atoms with E-state index in [1.165, 1.54) is 16.4 Å². The Hall–Kier alpha value is -3.75. The molecule has 0 saturated carbocycles. The van der Waals surface area contributed by atoms with Gasteiger partial charge in [-0.3, -0.25) is 20.1 Å². The van der Waals surface area contributed by atoms with Crippen LogP contribution in [-0.2, 0) is 11.2 Å². The number of thiophene rings is 1. The van der Waals surface area contributed by atoms with Crippen molar-refractivity contribution in [1.29, 1.82) is 0 Å². The van der Waals surface area contributed by atoms with Crippen molar-refractivity contribution in [1.82, 2.24) is 16.1 Å². The molecular formula is C24H23N3O4S. The number of hydrogen-bond acceptors (Lipinski definition) is 5. The Balaban J connectivity index is 1.69. The summed E-state index contributed by atoms with van der Waals surface area (Å²) in [5.74, 6) is -1.09. The predicted molar refractivity (Wildman–Crippen MR) is 123 cm³/mol. The minimum Gasteiger partial charge on any atom is -0.331 e. The van der Waals surface area contributed by atoms with Crippen LogP contribution in [0.1, 0.15) is 38.8 Å². The third-order valence-corrected chi connectivity index (χ3v) is 5.64. The zero-order valence-corrected chi connectivity index (χ0v) is 18.0. The molecule has 7 nitrogen and oxygen atoms in total. The van der Waals surface area contributed by atoms with Gasteiger partial charge in [-0.15, -0.1) is 11.3 Å². The Bertz CT molecular complexity index is 1060. The molecule has 0 fully saturated rings. The SMILES string of the molecule is O=C(C=Cc1ccc(C(CCc2cccs2)NC(=O)NC(=O)c2ccccc2)cc1)NO. The minimum atomic E-state index is -0.621. The molecule has 1 atom stereocenters. The largest absolute Gasteiger partial charge is 0.331 e. The molecule has 164 valence electrons. The van der Waals surface area contributed by atoms with Crippen molar-refractivity contribution in [3.05, 3.63) is 99.8 Å². The van der Waals surface area contributed by atoms with Crippen LogP contribution in [0.2, 0.25) is 0 Å². The summed E-state index contributed by atoms with van der Waals surface area (Å²) in [5, 5.41) is 15.8. The maximum atomic E-state index is 12.5. The summed E-state index contributed by atoms with van der Waals surface area (Å²) in [6.07, 6.45) is 4.20. The molecule has 0 aliphatic carbocycles. The molecular weight excluding hydrogens is 426 g/mol. The average molecular weight is 450 g/mol. The van der Waals surface area contributed by atoms with Crippen molar-refractivity contribution in [3.8, 4) is 0 Å². The van der Waals surface area contributed by atoms with E-state index in [2.05, 4.69) is 10.6 Å². The van der Waals surface area contributed by atoms with Gasteiger partial charge in [0.15, 0.2) is 0 Å². The first kappa shape index (κ1) is 22.9. The maximum absolute atomic E-state index is 12.5. The van der Waals surface area contributed by atoms with Gasteiger partial charge in [-0.05, 0) is 53.6 Å². The van der Waals surface area contributed by atoms with Gasteiger partial charge in [0.25, 0.3) is 11.8 Å². The van der Waals surface area contributed by atoms with Gasteiger partial charge in [0.2, 0.25) is 0 Å². The number of benzene rings is 2. The van der Waals surface area contributed by atoms with Crippen molar-refractivity contribution in [3.63, 3.8) is 0 Å². The van der Waals surface area contributed by atoms with Crippen molar-refractivity contribution in [2.24, 2.45) is 0 Å². The molecule has 32 heavy (non-hydrogen) atoms. The van der Waals surface area contributed by atoms with Gasteiger partial charge in [0.05, 0.1) is 6.04 Å². The van der Waals surface area contributed by atoms with Crippen LogP contribution in [0.25, 0.3) is 6.08 Å². The Morgan fingerprint density at radius 2 is 1.72 bits per heavy atom.